The van der Waals surface area contributed by atoms with Gasteiger partial charge in [-0.25, -0.2) is 0 Å². The Hall–Kier alpha value is -1.85. The summed E-state index contributed by atoms with van der Waals surface area (Å²) in [6, 6.07) is 6.55. The number of hydrogen-bond acceptors (Lipinski definition) is 4. The Bertz CT molecular complexity index is 739. The molecule has 1 aliphatic rings. The molecule has 0 unspecified atom stereocenters. The fraction of sp³-hybridized carbons (Fsp3) is 0.565. The summed E-state index contributed by atoms with van der Waals surface area (Å²) >= 11 is 6.37. The summed E-state index contributed by atoms with van der Waals surface area (Å²) in [7, 11) is 0. The third-order valence-corrected chi connectivity index (χ3v) is 5.76. The highest BCUT2D eigenvalue weighted by atomic mass is 35.5. The zero-order chi connectivity index (χ0) is 21.4. The second-order valence-electron chi connectivity index (χ2n) is 7.64. The van der Waals surface area contributed by atoms with Gasteiger partial charge in [-0.15, -0.1) is 0 Å². The summed E-state index contributed by atoms with van der Waals surface area (Å²) < 4.78 is 0. The van der Waals surface area contributed by atoms with Crippen molar-refractivity contribution >= 4 is 23.3 Å². The fourth-order valence-corrected chi connectivity index (χ4v) is 4.07. The number of aliphatic hydroxyl groups is 1. The molecule has 1 aromatic rings. The van der Waals surface area contributed by atoms with E-state index in [2.05, 4.69) is 18.7 Å². The van der Waals surface area contributed by atoms with Crippen molar-refractivity contribution in [2.24, 2.45) is 0 Å². The van der Waals surface area contributed by atoms with E-state index >= 15 is 0 Å². The van der Waals surface area contributed by atoms with Crippen LogP contribution < -0.4 is 0 Å². The quantitative estimate of drug-likeness (QED) is 0.521. The summed E-state index contributed by atoms with van der Waals surface area (Å²) in [6.45, 7) is 9.21. The van der Waals surface area contributed by atoms with Gasteiger partial charge >= 0.3 is 0 Å². The first kappa shape index (κ1) is 23.4. The Morgan fingerprint density at radius 1 is 1.10 bits per heavy atom. The Morgan fingerprint density at radius 3 is 2.24 bits per heavy atom. The van der Waals surface area contributed by atoms with Gasteiger partial charge in [0.25, 0.3) is 5.91 Å². The number of hydrogen-bond donors (Lipinski definition) is 1. The van der Waals surface area contributed by atoms with Gasteiger partial charge in [-0.05, 0) is 57.5 Å². The molecular weight excluding hydrogens is 388 g/mol. The van der Waals surface area contributed by atoms with Crippen molar-refractivity contribution in [2.75, 3.05) is 26.2 Å². The van der Waals surface area contributed by atoms with E-state index in [1.54, 1.807) is 11.0 Å². The number of nitrogens with zero attached hydrogens (tertiary/aromatic N) is 2. The van der Waals surface area contributed by atoms with E-state index in [-0.39, 0.29) is 11.4 Å². The smallest absolute Gasteiger partial charge is 0.290 e. The SMILES string of the molecule is CCCCN(CCCC)CCCN1C(=O)C(O)=C(C(C)=O)[C@H]1c1ccccc1Cl. The van der Waals surface area contributed by atoms with Crippen LogP contribution in [0.15, 0.2) is 35.6 Å². The second kappa shape index (κ2) is 11.4. The van der Waals surface area contributed by atoms with Crippen LogP contribution >= 0.6 is 11.6 Å². The van der Waals surface area contributed by atoms with Crippen LogP contribution in [-0.2, 0) is 9.59 Å². The van der Waals surface area contributed by atoms with Gasteiger partial charge in [0, 0.05) is 11.6 Å². The van der Waals surface area contributed by atoms with E-state index < -0.39 is 17.7 Å². The van der Waals surface area contributed by atoms with Gasteiger partial charge in [0.1, 0.15) is 0 Å². The third-order valence-electron chi connectivity index (χ3n) is 5.41. The lowest BCUT2D eigenvalue weighted by atomic mass is 9.96. The minimum atomic E-state index is -0.631. The van der Waals surface area contributed by atoms with Crippen molar-refractivity contribution in [3.63, 3.8) is 0 Å². The molecule has 1 atom stereocenters. The molecule has 0 aliphatic carbocycles. The maximum absolute atomic E-state index is 12.7. The van der Waals surface area contributed by atoms with Gasteiger partial charge in [-0.1, -0.05) is 56.5 Å². The summed E-state index contributed by atoms with van der Waals surface area (Å²) in [5, 5.41) is 10.9. The van der Waals surface area contributed by atoms with Gasteiger partial charge in [-0.2, -0.15) is 0 Å². The number of unbranched alkanes of at least 4 members (excludes halogenated alkanes) is 2. The summed E-state index contributed by atoms with van der Waals surface area (Å²) in [5.41, 5.74) is 0.808. The number of carbonyl (C=O) groups excluding carboxylic acids is 2. The normalized spacial score (nSPS) is 16.9. The van der Waals surface area contributed by atoms with Crippen LogP contribution in [0.2, 0.25) is 5.02 Å². The zero-order valence-electron chi connectivity index (χ0n) is 17.8. The van der Waals surface area contributed by atoms with Crippen molar-refractivity contribution < 1.29 is 14.7 Å². The molecule has 0 saturated carbocycles. The van der Waals surface area contributed by atoms with Crippen LogP contribution in [0.3, 0.4) is 0 Å². The van der Waals surface area contributed by atoms with Crippen LogP contribution in [-0.4, -0.2) is 52.8 Å². The molecule has 0 aromatic heterocycles. The highest BCUT2D eigenvalue weighted by Gasteiger charge is 2.42. The molecule has 1 aliphatic heterocycles. The van der Waals surface area contributed by atoms with Gasteiger partial charge in [-0.3, -0.25) is 9.59 Å². The molecule has 160 valence electrons. The molecule has 1 heterocycles. The average Bonchev–Trinajstić information content (AvgIpc) is 2.94. The van der Waals surface area contributed by atoms with Crippen LogP contribution in [0.4, 0.5) is 0 Å². The molecule has 29 heavy (non-hydrogen) atoms. The number of ketones is 1. The van der Waals surface area contributed by atoms with Crippen molar-refractivity contribution in [1.29, 1.82) is 0 Å². The minimum absolute atomic E-state index is 0.136. The lowest BCUT2D eigenvalue weighted by Crippen LogP contribution is -2.35. The Morgan fingerprint density at radius 2 is 1.69 bits per heavy atom. The molecule has 5 nitrogen and oxygen atoms in total. The van der Waals surface area contributed by atoms with Crippen LogP contribution in [0.5, 0.6) is 0 Å². The first-order valence-corrected chi connectivity index (χ1v) is 11.0. The van der Waals surface area contributed by atoms with E-state index in [0.717, 1.165) is 51.7 Å². The number of amides is 1. The number of benzene rings is 1. The number of carbonyl (C=O) groups is 2. The average molecular weight is 421 g/mol. The molecule has 1 aromatic carbocycles. The van der Waals surface area contributed by atoms with Gasteiger partial charge in [0.2, 0.25) is 0 Å². The lowest BCUT2D eigenvalue weighted by molar-refractivity contribution is -0.129. The van der Waals surface area contributed by atoms with Crippen LogP contribution in [0.1, 0.15) is 64.5 Å². The second-order valence-corrected chi connectivity index (χ2v) is 8.05. The van der Waals surface area contributed by atoms with Gasteiger partial charge in [0.15, 0.2) is 11.5 Å². The molecule has 2 rings (SSSR count). The molecule has 6 heteroatoms. The molecule has 0 bridgehead atoms. The molecule has 0 spiro atoms. The van der Waals surface area contributed by atoms with Crippen molar-refractivity contribution in [2.45, 2.75) is 58.9 Å². The molecule has 1 amide bonds. The highest BCUT2D eigenvalue weighted by Crippen LogP contribution is 2.40. The largest absolute Gasteiger partial charge is 0.503 e. The first-order valence-electron chi connectivity index (χ1n) is 10.6. The van der Waals surface area contributed by atoms with Crippen molar-refractivity contribution in [3.8, 4) is 0 Å². The third kappa shape index (κ3) is 5.83. The Labute approximate surface area is 179 Å². The number of aliphatic hydroxyl groups excluding tert-OH is 1. The van der Waals surface area contributed by atoms with Crippen LogP contribution in [0.25, 0.3) is 0 Å². The first-order chi connectivity index (χ1) is 13.9. The monoisotopic (exact) mass is 420 g/mol. The zero-order valence-corrected chi connectivity index (χ0v) is 18.5. The predicted molar refractivity (Wildman–Crippen MR) is 117 cm³/mol. The fourth-order valence-electron chi connectivity index (χ4n) is 3.83. The molecule has 0 saturated heterocycles. The lowest BCUT2D eigenvalue weighted by Gasteiger charge is -2.29. The summed E-state index contributed by atoms with van der Waals surface area (Å²) in [5.74, 6) is -1.25. The van der Waals surface area contributed by atoms with Crippen molar-refractivity contribution in [3.05, 3.63) is 46.2 Å². The van der Waals surface area contributed by atoms with E-state index in [1.807, 2.05) is 18.2 Å². The number of halogens is 1. The summed E-state index contributed by atoms with van der Waals surface area (Å²) in [4.78, 5) is 29.0. The molecular formula is C23H33ClN2O3. The predicted octanol–water partition coefficient (Wildman–Crippen LogP) is 4.92. The van der Waals surface area contributed by atoms with E-state index in [9.17, 15) is 14.7 Å². The standard InChI is InChI=1S/C23H33ClN2O3/c1-4-6-13-25(14-7-5-2)15-10-16-26-21(18-11-8-9-12-19(18)24)20(17(3)27)22(28)23(26)29/h8-9,11-12,21,28H,4-7,10,13-16H2,1-3H3/t21-/m1/s1. The molecule has 0 fully saturated rings. The maximum Gasteiger partial charge on any atom is 0.290 e. The molecule has 1 N–H and O–H groups in total. The van der Waals surface area contributed by atoms with Gasteiger partial charge in [0.05, 0.1) is 11.6 Å². The Balaban J connectivity index is 2.16. The minimum Gasteiger partial charge on any atom is -0.503 e. The number of Topliss-reactive ketones (excluding diaryl/α,β-unsaturated/α-hetero) is 1. The van der Waals surface area contributed by atoms with E-state index in [1.165, 1.54) is 6.92 Å². The van der Waals surface area contributed by atoms with E-state index in [4.69, 9.17) is 11.6 Å². The summed E-state index contributed by atoms with van der Waals surface area (Å²) in [6.07, 6.45) is 5.40. The van der Waals surface area contributed by atoms with E-state index in [0.29, 0.717) is 17.1 Å². The number of rotatable bonds is 12. The highest BCUT2D eigenvalue weighted by molar-refractivity contribution is 6.31. The maximum atomic E-state index is 12.7. The van der Waals surface area contributed by atoms with Crippen molar-refractivity contribution in [1.82, 2.24) is 9.80 Å². The Kier molecular flexibility index (Phi) is 9.18. The topological polar surface area (TPSA) is 60.9 Å². The molecule has 0 radical (unpaired) electrons. The van der Waals surface area contributed by atoms with Crippen LogP contribution in [0, 0.1) is 0 Å². The van der Waals surface area contributed by atoms with Gasteiger partial charge < -0.3 is 14.9 Å².